The first kappa shape index (κ1) is 27.5. The number of hydrogen-bond acceptors (Lipinski definition) is 4. The lowest BCUT2D eigenvalue weighted by molar-refractivity contribution is -0.140. The smallest absolute Gasteiger partial charge is 0.243 e. The third-order valence-corrected chi connectivity index (χ3v) is 7.92. The van der Waals surface area contributed by atoms with Gasteiger partial charge in [0.2, 0.25) is 17.7 Å². The van der Waals surface area contributed by atoms with Gasteiger partial charge in [-0.15, -0.1) is 0 Å². The molecule has 0 unspecified atom stereocenters. The van der Waals surface area contributed by atoms with Crippen LogP contribution in [0.5, 0.6) is 0 Å². The Morgan fingerprint density at radius 2 is 1.69 bits per heavy atom. The van der Waals surface area contributed by atoms with Crippen LogP contribution in [0.1, 0.15) is 70.3 Å². The fourth-order valence-corrected chi connectivity index (χ4v) is 6.02. The molecule has 0 aromatic heterocycles. The summed E-state index contributed by atoms with van der Waals surface area (Å²) in [6.07, 6.45) is 8.39. The molecule has 8 N–H and O–H groups in total. The van der Waals surface area contributed by atoms with E-state index < -0.39 is 29.3 Å². The average molecular weight is 499 g/mol. The van der Waals surface area contributed by atoms with Crippen molar-refractivity contribution in [1.29, 1.82) is 0 Å². The van der Waals surface area contributed by atoms with Crippen LogP contribution in [0.15, 0.2) is 35.3 Å². The van der Waals surface area contributed by atoms with Gasteiger partial charge in [-0.25, -0.2) is 0 Å². The van der Waals surface area contributed by atoms with Crippen LogP contribution in [-0.2, 0) is 20.8 Å². The molecule has 0 heterocycles. The first-order chi connectivity index (χ1) is 17.2. The van der Waals surface area contributed by atoms with Crippen molar-refractivity contribution >= 4 is 23.7 Å². The molecule has 0 spiro atoms. The number of hydrogen-bond donors (Lipinski definition) is 5. The highest BCUT2D eigenvalue weighted by Gasteiger charge is 2.46. The van der Waals surface area contributed by atoms with Gasteiger partial charge in [-0.1, -0.05) is 56.5 Å². The zero-order chi connectivity index (χ0) is 26.1. The zero-order valence-corrected chi connectivity index (χ0v) is 21.4. The summed E-state index contributed by atoms with van der Waals surface area (Å²) in [7, 11) is 0. The van der Waals surface area contributed by atoms with Crippen LogP contribution < -0.4 is 27.8 Å². The van der Waals surface area contributed by atoms with Crippen LogP contribution in [-0.4, -0.2) is 42.3 Å². The third kappa shape index (κ3) is 7.45. The molecule has 198 valence electrons. The Balaban J connectivity index is 1.73. The monoisotopic (exact) mass is 498 g/mol. The molecule has 0 radical (unpaired) electrons. The van der Waals surface area contributed by atoms with E-state index >= 15 is 0 Å². The van der Waals surface area contributed by atoms with Gasteiger partial charge in [-0.05, 0) is 55.9 Å². The second-order valence-electron chi connectivity index (χ2n) is 10.6. The van der Waals surface area contributed by atoms with Crippen LogP contribution in [0.25, 0.3) is 0 Å². The number of primary amides is 1. The second kappa shape index (κ2) is 12.7. The molecule has 3 amide bonds. The van der Waals surface area contributed by atoms with Crippen molar-refractivity contribution in [3.63, 3.8) is 0 Å². The Bertz CT molecular complexity index is 919. The fourth-order valence-electron chi connectivity index (χ4n) is 6.02. The van der Waals surface area contributed by atoms with Crippen molar-refractivity contribution in [2.24, 2.45) is 39.4 Å². The van der Waals surface area contributed by atoms with E-state index in [2.05, 4.69) is 22.5 Å². The molecule has 2 bridgehead atoms. The average Bonchev–Trinajstić information content (AvgIpc) is 2.85. The highest BCUT2D eigenvalue weighted by atomic mass is 16.2. The summed E-state index contributed by atoms with van der Waals surface area (Å²) in [6, 6.07) is 7.67. The van der Waals surface area contributed by atoms with Gasteiger partial charge >= 0.3 is 0 Å². The number of nitrogens with two attached hydrogens (primary N) is 3. The van der Waals surface area contributed by atoms with Crippen molar-refractivity contribution in [2.75, 3.05) is 6.54 Å². The maximum absolute atomic E-state index is 13.7. The number of carbonyl (C=O) groups excluding carboxylic acids is 3. The normalized spacial score (nSPS) is 24.7. The van der Waals surface area contributed by atoms with Crippen molar-refractivity contribution in [1.82, 2.24) is 10.6 Å². The number of aliphatic imine (C=N–C) groups is 1. The van der Waals surface area contributed by atoms with Gasteiger partial charge in [0.05, 0.1) is 0 Å². The van der Waals surface area contributed by atoms with E-state index in [1.807, 2.05) is 30.3 Å². The first-order valence-electron chi connectivity index (χ1n) is 13.2. The maximum Gasteiger partial charge on any atom is 0.243 e. The van der Waals surface area contributed by atoms with Crippen molar-refractivity contribution in [3.05, 3.63) is 35.9 Å². The molecule has 2 fully saturated rings. The quantitative estimate of drug-likeness (QED) is 0.168. The third-order valence-electron chi connectivity index (χ3n) is 7.92. The number of amides is 3. The lowest BCUT2D eigenvalue weighted by Crippen LogP contribution is -2.56. The Labute approximate surface area is 214 Å². The largest absolute Gasteiger partial charge is 0.370 e. The van der Waals surface area contributed by atoms with Crippen LogP contribution >= 0.6 is 0 Å². The topological polar surface area (TPSA) is 166 Å². The summed E-state index contributed by atoms with van der Waals surface area (Å²) in [5.41, 5.74) is 16.9. The SMILES string of the molecule is CCC1(C(=O)N[C@@H](CCCN=C(N)N)C(=O)N[C@@H](Cc2ccccc2)C(N)=O)C[C@H]2CCC[C@@H](C2)C1. The van der Waals surface area contributed by atoms with Crippen LogP contribution in [0.3, 0.4) is 0 Å². The van der Waals surface area contributed by atoms with Gasteiger partial charge in [0, 0.05) is 18.4 Å². The van der Waals surface area contributed by atoms with Crippen molar-refractivity contribution in [3.8, 4) is 0 Å². The van der Waals surface area contributed by atoms with E-state index in [0.29, 0.717) is 31.2 Å². The van der Waals surface area contributed by atoms with E-state index in [1.54, 1.807) is 0 Å². The second-order valence-corrected chi connectivity index (χ2v) is 10.6. The Hall–Kier alpha value is -3.10. The molecule has 2 saturated carbocycles. The minimum absolute atomic E-state index is 0.0182. The Kier molecular flexibility index (Phi) is 9.73. The summed E-state index contributed by atoms with van der Waals surface area (Å²) in [5, 5.41) is 5.83. The van der Waals surface area contributed by atoms with E-state index in [4.69, 9.17) is 17.2 Å². The standard InChI is InChI=1S/C27H42N6O3/c1-2-27(16-19-10-6-11-20(14-19)17-27)25(36)33-21(12-7-13-31-26(29)30)24(35)32-22(23(28)34)15-18-8-4-3-5-9-18/h3-5,8-9,19-22H,2,6-7,10-17H2,1H3,(H2,28,34)(H,32,35)(H,33,36)(H4,29,30,31)/t19-,20-,21-,22-/m0/s1. The van der Waals surface area contributed by atoms with Crippen LogP contribution in [0, 0.1) is 17.3 Å². The zero-order valence-electron chi connectivity index (χ0n) is 21.4. The number of benzene rings is 1. The number of fused-ring (bicyclic) bond motifs is 2. The van der Waals surface area contributed by atoms with E-state index in [-0.39, 0.29) is 18.3 Å². The van der Waals surface area contributed by atoms with Crippen LogP contribution in [0.4, 0.5) is 0 Å². The highest BCUT2D eigenvalue weighted by Crippen LogP contribution is 2.50. The molecule has 2 aliphatic rings. The number of guanidine groups is 1. The molecular formula is C27H42N6O3. The summed E-state index contributed by atoms with van der Waals surface area (Å²) in [6.45, 7) is 2.41. The molecule has 0 saturated heterocycles. The van der Waals surface area contributed by atoms with Crippen molar-refractivity contribution < 1.29 is 14.4 Å². The van der Waals surface area contributed by atoms with E-state index in [9.17, 15) is 14.4 Å². The van der Waals surface area contributed by atoms with Gasteiger partial charge in [0.1, 0.15) is 12.1 Å². The summed E-state index contributed by atoms with van der Waals surface area (Å²) < 4.78 is 0. The highest BCUT2D eigenvalue weighted by molar-refractivity contribution is 5.93. The molecule has 0 aliphatic heterocycles. The number of rotatable bonds is 12. The van der Waals surface area contributed by atoms with Gasteiger partial charge in [-0.3, -0.25) is 19.4 Å². The molecule has 1 aromatic carbocycles. The van der Waals surface area contributed by atoms with Gasteiger partial charge in [0.25, 0.3) is 0 Å². The number of nitrogens with one attached hydrogen (secondary N) is 2. The minimum atomic E-state index is -0.883. The molecule has 4 atom stereocenters. The van der Waals surface area contributed by atoms with E-state index in [1.165, 1.54) is 25.7 Å². The predicted molar refractivity (Wildman–Crippen MR) is 141 cm³/mol. The fraction of sp³-hybridized carbons (Fsp3) is 0.630. The molecule has 2 aliphatic carbocycles. The van der Waals surface area contributed by atoms with Crippen molar-refractivity contribution in [2.45, 2.75) is 83.2 Å². The van der Waals surface area contributed by atoms with E-state index in [0.717, 1.165) is 24.8 Å². The van der Waals surface area contributed by atoms with Gasteiger partial charge < -0.3 is 27.8 Å². The molecule has 9 nitrogen and oxygen atoms in total. The molecule has 36 heavy (non-hydrogen) atoms. The van der Waals surface area contributed by atoms with Crippen LogP contribution in [0.2, 0.25) is 0 Å². The molecule has 1 aromatic rings. The molecular weight excluding hydrogens is 456 g/mol. The first-order valence-corrected chi connectivity index (χ1v) is 13.2. The molecule has 9 heteroatoms. The lowest BCUT2D eigenvalue weighted by atomic mass is 9.59. The number of nitrogens with zero attached hydrogens (tertiary/aromatic N) is 1. The predicted octanol–water partition coefficient (Wildman–Crippen LogP) is 1.73. The summed E-state index contributed by atoms with van der Waals surface area (Å²) >= 11 is 0. The van der Waals surface area contributed by atoms with Gasteiger partial charge in [-0.2, -0.15) is 0 Å². The lowest BCUT2D eigenvalue weighted by Gasteiger charge is -2.46. The summed E-state index contributed by atoms with van der Waals surface area (Å²) in [4.78, 5) is 43.2. The molecule has 3 rings (SSSR count). The Morgan fingerprint density at radius 1 is 1.03 bits per heavy atom. The van der Waals surface area contributed by atoms with Gasteiger partial charge in [0.15, 0.2) is 5.96 Å². The summed E-state index contributed by atoms with van der Waals surface area (Å²) in [5.74, 6) is 0.0144. The number of carbonyl (C=O) groups is 3. The maximum atomic E-state index is 13.7. The Morgan fingerprint density at radius 3 is 2.28 bits per heavy atom. The minimum Gasteiger partial charge on any atom is -0.370 e.